The number of rotatable bonds is 7. The molecule has 3 rings (SSSR count). The summed E-state index contributed by atoms with van der Waals surface area (Å²) >= 11 is 0. The summed E-state index contributed by atoms with van der Waals surface area (Å²) in [6.45, 7) is 0.983. The maximum Gasteiger partial charge on any atom is 0.189 e. The van der Waals surface area contributed by atoms with E-state index in [9.17, 15) is 0 Å². The van der Waals surface area contributed by atoms with Gasteiger partial charge in [0.15, 0.2) is 17.5 Å². The molecule has 0 saturated heterocycles. The molecule has 3 aromatic rings. The van der Waals surface area contributed by atoms with E-state index in [-0.39, 0.29) is 24.0 Å². The predicted octanol–water partition coefficient (Wildman–Crippen LogP) is 3.33. The van der Waals surface area contributed by atoms with E-state index < -0.39 is 0 Å². The summed E-state index contributed by atoms with van der Waals surface area (Å²) < 4.78 is 12.4. The van der Waals surface area contributed by atoms with Crippen molar-refractivity contribution < 1.29 is 9.47 Å². The largest absolute Gasteiger partial charge is 0.493 e. The van der Waals surface area contributed by atoms with E-state index in [0.717, 1.165) is 22.4 Å². The number of guanidine groups is 1. The molecule has 0 fully saturated rings. The third-order valence-corrected chi connectivity index (χ3v) is 4.29. The van der Waals surface area contributed by atoms with Crippen LogP contribution in [0.25, 0.3) is 11.3 Å². The van der Waals surface area contributed by atoms with Crippen LogP contribution in [0.3, 0.4) is 0 Å². The highest BCUT2D eigenvalue weighted by molar-refractivity contribution is 14.0. The van der Waals surface area contributed by atoms with Gasteiger partial charge in [0.05, 0.1) is 26.5 Å². The molecule has 0 bridgehead atoms. The molecular formula is C21H26IN5O2. The zero-order chi connectivity index (χ0) is 19.9. The Kier molecular flexibility index (Phi) is 8.32. The smallest absolute Gasteiger partial charge is 0.189 e. The number of benzene rings is 2. The van der Waals surface area contributed by atoms with E-state index >= 15 is 0 Å². The van der Waals surface area contributed by atoms with Gasteiger partial charge in [0, 0.05) is 30.9 Å². The fourth-order valence-corrected chi connectivity index (χ4v) is 2.90. The SMILES string of the molecule is COc1ccc(CN=C(N)NCc2cn(C)nc2-c2ccccc2)cc1OC.I. The first kappa shape index (κ1) is 22.5. The number of nitrogens with two attached hydrogens (primary N) is 1. The molecule has 1 aromatic heterocycles. The van der Waals surface area contributed by atoms with Gasteiger partial charge in [-0.1, -0.05) is 36.4 Å². The van der Waals surface area contributed by atoms with Crippen LogP contribution in [0.4, 0.5) is 0 Å². The number of halogens is 1. The number of ether oxygens (including phenoxy) is 2. The predicted molar refractivity (Wildman–Crippen MR) is 126 cm³/mol. The molecule has 0 atom stereocenters. The summed E-state index contributed by atoms with van der Waals surface area (Å²) in [7, 11) is 5.13. The van der Waals surface area contributed by atoms with Crippen molar-refractivity contribution in [1.82, 2.24) is 15.1 Å². The zero-order valence-electron chi connectivity index (χ0n) is 16.8. The van der Waals surface area contributed by atoms with Gasteiger partial charge in [-0.05, 0) is 17.7 Å². The first-order valence-electron chi connectivity index (χ1n) is 8.93. The van der Waals surface area contributed by atoms with Gasteiger partial charge in [-0.25, -0.2) is 4.99 Å². The third kappa shape index (κ3) is 5.86. The molecule has 2 aromatic carbocycles. The van der Waals surface area contributed by atoms with Crippen LogP contribution >= 0.6 is 24.0 Å². The Balaban J connectivity index is 0.00000300. The van der Waals surface area contributed by atoms with E-state index in [4.69, 9.17) is 15.2 Å². The number of methoxy groups -OCH3 is 2. The van der Waals surface area contributed by atoms with Crippen molar-refractivity contribution in [3.63, 3.8) is 0 Å². The number of nitrogens with one attached hydrogen (secondary N) is 1. The van der Waals surface area contributed by atoms with Gasteiger partial charge < -0.3 is 20.5 Å². The fraction of sp³-hybridized carbons (Fsp3) is 0.238. The van der Waals surface area contributed by atoms with Gasteiger partial charge in [-0.15, -0.1) is 24.0 Å². The number of aliphatic imine (C=N–C) groups is 1. The number of hydrogen-bond donors (Lipinski definition) is 2. The van der Waals surface area contributed by atoms with Gasteiger partial charge in [0.25, 0.3) is 0 Å². The molecular weight excluding hydrogens is 481 g/mol. The number of aromatic nitrogens is 2. The molecule has 0 radical (unpaired) electrons. The Bertz CT molecular complexity index is 957. The zero-order valence-corrected chi connectivity index (χ0v) is 19.1. The topological polar surface area (TPSA) is 86.7 Å². The minimum atomic E-state index is 0. The first-order valence-corrected chi connectivity index (χ1v) is 8.93. The summed E-state index contributed by atoms with van der Waals surface area (Å²) in [5.41, 5.74) is 10.1. The monoisotopic (exact) mass is 507 g/mol. The quantitative estimate of drug-likeness (QED) is 0.291. The molecule has 0 aliphatic heterocycles. The fourth-order valence-electron chi connectivity index (χ4n) is 2.90. The summed E-state index contributed by atoms with van der Waals surface area (Å²) in [6, 6.07) is 15.8. The summed E-state index contributed by atoms with van der Waals surface area (Å²) in [5.74, 6) is 1.73. The molecule has 0 unspecified atom stereocenters. The standard InChI is InChI=1S/C21H25N5O2.HI/c1-26-14-17(20(25-26)16-7-5-4-6-8-16)13-24-21(22)23-12-15-9-10-18(27-2)19(11-15)28-3;/h4-11,14H,12-13H2,1-3H3,(H3,22,23,24);1H. The average Bonchev–Trinajstić information content (AvgIpc) is 3.11. The number of hydrogen-bond acceptors (Lipinski definition) is 4. The second-order valence-electron chi connectivity index (χ2n) is 6.29. The molecule has 1 heterocycles. The van der Waals surface area contributed by atoms with Crippen LogP contribution in [0.1, 0.15) is 11.1 Å². The summed E-state index contributed by atoms with van der Waals surface area (Å²) in [4.78, 5) is 4.41. The van der Waals surface area contributed by atoms with E-state index in [1.54, 1.807) is 18.9 Å². The Labute approximate surface area is 187 Å². The lowest BCUT2D eigenvalue weighted by Gasteiger charge is -2.09. The Morgan fingerprint density at radius 2 is 1.83 bits per heavy atom. The Morgan fingerprint density at radius 1 is 1.10 bits per heavy atom. The molecule has 0 aliphatic carbocycles. The van der Waals surface area contributed by atoms with E-state index in [2.05, 4.69) is 15.4 Å². The van der Waals surface area contributed by atoms with Crippen LogP contribution in [0.2, 0.25) is 0 Å². The Hall–Kier alpha value is -2.75. The second kappa shape index (κ2) is 10.7. The molecule has 0 amide bonds. The molecule has 154 valence electrons. The average molecular weight is 507 g/mol. The summed E-state index contributed by atoms with van der Waals surface area (Å²) in [5, 5.41) is 7.72. The van der Waals surface area contributed by atoms with Crippen molar-refractivity contribution in [3.05, 3.63) is 65.9 Å². The van der Waals surface area contributed by atoms with Gasteiger partial charge in [-0.2, -0.15) is 5.10 Å². The van der Waals surface area contributed by atoms with Crippen molar-refractivity contribution in [2.45, 2.75) is 13.1 Å². The van der Waals surface area contributed by atoms with Crippen LogP contribution < -0.4 is 20.5 Å². The van der Waals surface area contributed by atoms with Crippen LogP contribution in [0.15, 0.2) is 59.7 Å². The maximum absolute atomic E-state index is 6.05. The normalized spacial score (nSPS) is 10.9. The van der Waals surface area contributed by atoms with Crippen molar-refractivity contribution in [2.75, 3.05) is 14.2 Å². The molecule has 29 heavy (non-hydrogen) atoms. The lowest BCUT2D eigenvalue weighted by molar-refractivity contribution is 0.354. The van der Waals surface area contributed by atoms with Crippen molar-refractivity contribution in [3.8, 4) is 22.8 Å². The minimum absolute atomic E-state index is 0. The second-order valence-corrected chi connectivity index (χ2v) is 6.29. The van der Waals surface area contributed by atoms with Gasteiger partial charge in [0.1, 0.15) is 0 Å². The highest BCUT2D eigenvalue weighted by Gasteiger charge is 2.10. The molecule has 0 spiro atoms. The van der Waals surface area contributed by atoms with E-state index in [0.29, 0.717) is 30.5 Å². The highest BCUT2D eigenvalue weighted by Crippen LogP contribution is 2.27. The van der Waals surface area contributed by atoms with Crippen LogP contribution in [0.5, 0.6) is 11.5 Å². The minimum Gasteiger partial charge on any atom is -0.493 e. The van der Waals surface area contributed by atoms with Crippen LogP contribution in [-0.4, -0.2) is 30.0 Å². The third-order valence-electron chi connectivity index (χ3n) is 4.29. The maximum atomic E-state index is 6.05. The lowest BCUT2D eigenvalue weighted by Crippen LogP contribution is -2.31. The van der Waals surface area contributed by atoms with Gasteiger partial charge in [-0.3, -0.25) is 4.68 Å². The first-order chi connectivity index (χ1) is 13.6. The highest BCUT2D eigenvalue weighted by atomic mass is 127. The van der Waals surface area contributed by atoms with Gasteiger partial charge in [0.2, 0.25) is 0 Å². The van der Waals surface area contributed by atoms with E-state index in [1.807, 2.05) is 61.8 Å². The number of aryl methyl sites for hydroxylation is 1. The number of nitrogens with zero attached hydrogens (tertiary/aromatic N) is 3. The molecule has 3 N–H and O–H groups in total. The van der Waals surface area contributed by atoms with Crippen molar-refractivity contribution in [1.29, 1.82) is 0 Å². The molecule has 0 saturated carbocycles. The van der Waals surface area contributed by atoms with Crippen molar-refractivity contribution in [2.24, 2.45) is 17.8 Å². The molecule has 7 nitrogen and oxygen atoms in total. The molecule has 0 aliphatic rings. The van der Waals surface area contributed by atoms with Crippen LogP contribution in [-0.2, 0) is 20.1 Å². The lowest BCUT2D eigenvalue weighted by atomic mass is 10.1. The molecule has 8 heteroatoms. The Morgan fingerprint density at radius 3 is 2.52 bits per heavy atom. The summed E-state index contributed by atoms with van der Waals surface area (Å²) in [6.07, 6.45) is 1.98. The van der Waals surface area contributed by atoms with E-state index in [1.165, 1.54) is 0 Å². The van der Waals surface area contributed by atoms with Gasteiger partial charge >= 0.3 is 0 Å². The van der Waals surface area contributed by atoms with Crippen molar-refractivity contribution >= 4 is 29.9 Å². The van der Waals surface area contributed by atoms with Crippen LogP contribution in [0, 0.1) is 0 Å².